The molecule has 2 aromatic rings. The monoisotopic (exact) mass is 337 g/mol. The second-order valence-electron chi connectivity index (χ2n) is 4.13. The highest BCUT2D eigenvalue weighted by Gasteiger charge is 2.12. The van der Waals surface area contributed by atoms with Crippen LogP contribution < -0.4 is 10.1 Å². The van der Waals surface area contributed by atoms with Gasteiger partial charge in [0.1, 0.15) is 11.6 Å². The highest BCUT2D eigenvalue weighted by molar-refractivity contribution is 9.08. The Balaban J connectivity index is 2.14. The highest BCUT2D eigenvalue weighted by Crippen LogP contribution is 2.18. The van der Waals surface area contributed by atoms with E-state index in [-0.39, 0.29) is 5.56 Å². The first-order chi connectivity index (χ1) is 9.63. The maximum atomic E-state index is 13.8. The lowest BCUT2D eigenvalue weighted by Crippen LogP contribution is -2.13. The van der Waals surface area contributed by atoms with Crippen molar-refractivity contribution >= 4 is 27.5 Å². The third kappa shape index (κ3) is 3.36. The zero-order valence-electron chi connectivity index (χ0n) is 10.8. The fraction of sp³-hybridized carbons (Fsp3) is 0.133. The quantitative estimate of drug-likeness (QED) is 0.857. The second-order valence-corrected chi connectivity index (χ2v) is 4.69. The minimum absolute atomic E-state index is 0.0182. The number of benzene rings is 2. The number of carbonyl (C=O) groups excluding carboxylic acids is 1. The topological polar surface area (TPSA) is 38.3 Å². The molecule has 0 aliphatic carbocycles. The highest BCUT2D eigenvalue weighted by atomic mass is 79.9. The van der Waals surface area contributed by atoms with Gasteiger partial charge in [-0.2, -0.15) is 0 Å². The lowest BCUT2D eigenvalue weighted by atomic mass is 10.1. The SMILES string of the molecule is COc1ccc(C(=O)Nc2ccc(CBr)cc2)c(F)c1. The smallest absolute Gasteiger partial charge is 0.258 e. The third-order valence-corrected chi connectivity index (χ3v) is 3.43. The van der Waals surface area contributed by atoms with Crippen LogP contribution in [0.25, 0.3) is 0 Å². The van der Waals surface area contributed by atoms with Crippen LogP contribution in [0.3, 0.4) is 0 Å². The first-order valence-corrected chi connectivity index (χ1v) is 7.06. The van der Waals surface area contributed by atoms with Crippen molar-refractivity contribution in [3.8, 4) is 5.75 Å². The van der Waals surface area contributed by atoms with Gasteiger partial charge in [-0.3, -0.25) is 4.79 Å². The molecule has 0 unspecified atom stereocenters. The Kier molecular flexibility index (Phi) is 4.74. The van der Waals surface area contributed by atoms with Gasteiger partial charge < -0.3 is 10.1 Å². The van der Waals surface area contributed by atoms with Gasteiger partial charge in [0.2, 0.25) is 0 Å². The summed E-state index contributed by atoms with van der Waals surface area (Å²) >= 11 is 3.34. The van der Waals surface area contributed by atoms with Crippen LogP contribution in [0.1, 0.15) is 15.9 Å². The van der Waals surface area contributed by atoms with Gasteiger partial charge in [-0.25, -0.2) is 4.39 Å². The summed E-state index contributed by atoms with van der Waals surface area (Å²) in [5, 5.41) is 3.40. The molecule has 0 heterocycles. The summed E-state index contributed by atoms with van der Waals surface area (Å²) in [6.07, 6.45) is 0. The number of alkyl halides is 1. The summed E-state index contributed by atoms with van der Waals surface area (Å²) in [6.45, 7) is 0. The molecule has 2 aromatic carbocycles. The summed E-state index contributed by atoms with van der Waals surface area (Å²) in [7, 11) is 1.44. The Morgan fingerprint density at radius 2 is 1.95 bits per heavy atom. The molecule has 1 amide bonds. The molecule has 0 spiro atoms. The molecule has 0 atom stereocenters. The zero-order valence-corrected chi connectivity index (χ0v) is 12.4. The number of anilines is 1. The van der Waals surface area contributed by atoms with Crippen molar-refractivity contribution in [2.75, 3.05) is 12.4 Å². The first kappa shape index (κ1) is 14.5. The summed E-state index contributed by atoms with van der Waals surface area (Å²) in [6, 6.07) is 11.4. The molecule has 104 valence electrons. The molecule has 0 saturated carbocycles. The van der Waals surface area contributed by atoms with Gasteiger partial charge >= 0.3 is 0 Å². The average Bonchev–Trinajstić information content (AvgIpc) is 2.47. The van der Waals surface area contributed by atoms with Gasteiger partial charge in [-0.05, 0) is 29.8 Å². The van der Waals surface area contributed by atoms with Crippen molar-refractivity contribution in [1.29, 1.82) is 0 Å². The van der Waals surface area contributed by atoms with E-state index < -0.39 is 11.7 Å². The number of methoxy groups -OCH3 is 1. The minimum atomic E-state index is -0.612. The van der Waals surface area contributed by atoms with Crippen LogP contribution in [-0.4, -0.2) is 13.0 Å². The third-order valence-electron chi connectivity index (χ3n) is 2.79. The van der Waals surface area contributed by atoms with E-state index in [1.807, 2.05) is 12.1 Å². The van der Waals surface area contributed by atoms with E-state index in [1.54, 1.807) is 18.2 Å². The molecule has 0 aromatic heterocycles. The minimum Gasteiger partial charge on any atom is -0.497 e. The largest absolute Gasteiger partial charge is 0.497 e. The van der Waals surface area contributed by atoms with Gasteiger partial charge in [-0.15, -0.1) is 0 Å². The Bertz CT molecular complexity index is 614. The van der Waals surface area contributed by atoms with Gasteiger partial charge in [0.15, 0.2) is 0 Å². The Morgan fingerprint density at radius 3 is 2.50 bits per heavy atom. The van der Waals surface area contributed by atoms with Crippen molar-refractivity contribution < 1.29 is 13.9 Å². The Labute approximate surface area is 124 Å². The molecule has 0 aliphatic rings. The molecule has 3 nitrogen and oxygen atoms in total. The molecule has 0 aliphatic heterocycles. The van der Waals surface area contributed by atoms with E-state index in [9.17, 15) is 9.18 Å². The Morgan fingerprint density at radius 1 is 1.25 bits per heavy atom. The van der Waals surface area contributed by atoms with Crippen LogP contribution in [0.5, 0.6) is 5.75 Å². The molecule has 1 N–H and O–H groups in total. The summed E-state index contributed by atoms with van der Waals surface area (Å²) in [5.74, 6) is -0.726. The number of nitrogens with one attached hydrogen (secondary N) is 1. The molecule has 0 saturated heterocycles. The van der Waals surface area contributed by atoms with E-state index in [0.717, 1.165) is 10.9 Å². The van der Waals surface area contributed by atoms with E-state index in [0.29, 0.717) is 11.4 Å². The number of hydrogen-bond acceptors (Lipinski definition) is 2. The van der Waals surface area contributed by atoms with Gasteiger partial charge in [0.05, 0.1) is 12.7 Å². The molecule has 0 bridgehead atoms. The second kappa shape index (κ2) is 6.52. The van der Waals surface area contributed by atoms with Crippen LogP contribution in [0.2, 0.25) is 0 Å². The lowest BCUT2D eigenvalue weighted by molar-refractivity contribution is 0.102. The molecular formula is C15H13BrFNO2. The molecule has 2 rings (SSSR count). The van der Waals surface area contributed by atoms with Crippen molar-refractivity contribution in [2.24, 2.45) is 0 Å². The number of carbonyl (C=O) groups is 1. The number of rotatable bonds is 4. The van der Waals surface area contributed by atoms with Crippen molar-refractivity contribution in [3.05, 3.63) is 59.4 Å². The van der Waals surface area contributed by atoms with Gasteiger partial charge in [0, 0.05) is 17.1 Å². The van der Waals surface area contributed by atoms with Gasteiger partial charge in [0.25, 0.3) is 5.91 Å². The van der Waals surface area contributed by atoms with Crippen LogP contribution in [0.4, 0.5) is 10.1 Å². The average molecular weight is 338 g/mol. The fourth-order valence-corrected chi connectivity index (χ4v) is 2.06. The standard InChI is InChI=1S/C15H13BrFNO2/c1-20-12-6-7-13(14(17)8-12)15(19)18-11-4-2-10(9-16)3-5-11/h2-8H,9H2,1H3,(H,18,19). The number of halogens is 2. The van der Waals surface area contributed by atoms with Crippen LogP contribution >= 0.6 is 15.9 Å². The molecular weight excluding hydrogens is 325 g/mol. The fourth-order valence-electron chi connectivity index (χ4n) is 1.68. The number of amides is 1. The van der Waals surface area contributed by atoms with Crippen LogP contribution in [-0.2, 0) is 5.33 Å². The predicted octanol–water partition coefficient (Wildman–Crippen LogP) is 3.98. The van der Waals surface area contributed by atoms with E-state index >= 15 is 0 Å². The maximum Gasteiger partial charge on any atom is 0.258 e. The summed E-state index contributed by atoms with van der Waals surface area (Å²) < 4.78 is 18.7. The first-order valence-electron chi connectivity index (χ1n) is 5.94. The van der Waals surface area contributed by atoms with E-state index in [2.05, 4.69) is 21.2 Å². The molecule has 0 radical (unpaired) electrons. The summed E-state index contributed by atoms with van der Waals surface area (Å²) in [5.41, 5.74) is 1.70. The summed E-state index contributed by atoms with van der Waals surface area (Å²) in [4.78, 5) is 12.0. The predicted molar refractivity (Wildman–Crippen MR) is 80.0 cm³/mol. The van der Waals surface area contributed by atoms with E-state index in [1.165, 1.54) is 19.2 Å². The zero-order chi connectivity index (χ0) is 14.5. The molecule has 0 fully saturated rings. The molecule has 20 heavy (non-hydrogen) atoms. The maximum absolute atomic E-state index is 13.8. The molecule has 5 heteroatoms. The Hall–Kier alpha value is -1.88. The number of ether oxygens (including phenoxy) is 1. The van der Waals surface area contributed by atoms with Crippen LogP contribution in [0.15, 0.2) is 42.5 Å². The van der Waals surface area contributed by atoms with Crippen molar-refractivity contribution in [1.82, 2.24) is 0 Å². The van der Waals surface area contributed by atoms with Crippen LogP contribution in [0, 0.1) is 5.82 Å². The normalized spacial score (nSPS) is 10.2. The van der Waals surface area contributed by atoms with E-state index in [4.69, 9.17) is 4.74 Å². The van der Waals surface area contributed by atoms with Crippen molar-refractivity contribution in [2.45, 2.75) is 5.33 Å². The lowest BCUT2D eigenvalue weighted by Gasteiger charge is -2.08. The van der Waals surface area contributed by atoms with Crippen molar-refractivity contribution in [3.63, 3.8) is 0 Å². The number of hydrogen-bond donors (Lipinski definition) is 1. The van der Waals surface area contributed by atoms with Gasteiger partial charge in [-0.1, -0.05) is 28.1 Å².